The van der Waals surface area contributed by atoms with Gasteiger partial charge < -0.3 is 14.6 Å². The van der Waals surface area contributed by atoms with Gasteiger partial charge in [0.25, 0.3) is 0 Å². The molecule has 2 unspecified atom stereocenters. The molecule has 1 N–H and O–H groups in total. The molecule has 2 heterocycles. The van der Waals surface area contributed by atoms with E-state index >= 15 is 0 Å². The Labute approximate surface area is 125 Å². The van der Waals surface area contributed by atoms with Gasteiger partial charge in [0.05, 0.1) is 6.04 Å². The summed E-state index contributed by atoms with van der Waals surface area (Å²) in [6, 6.07) is 2.98. The van der Waals surface area contributed by atoms with Gasteiger partial charge in [-0.15, -0.1) is 0 Å². The summed E-state index contributed by atoms with van der Waals surface area (Å²) in [7, 11) is 0. The Morgan fingerprint density at radius 1 is 1.24 bits per heavy atom. The Kier molecular flexibility index (Phi) is 3.87. The molecule has 0 saturated carbocycles. The van der Waals surface area contributed by atoms with E-state index in [0.717, 1.165) is 5.76 Å². The molecule has 1 saturated heterocycles. The molecule has 1 fully saturated rings. The Balaban J connectivity index is 2.43. The third-order valence-electron chi connectivity index (χ3n) is 3.99. The van der Waals surface area contributed by atoms with Crippen molar-refractivity contribution < 1.29 is 14.0 Å². The van der Waals surface area contributed by atoms with Crippen molar-refractivity contribution in [2.75, 3.05) is 0 Å². The van der Waals surface area contributed by atoms with Crippen LogP contribution in [0.5, 0.6) is 0 Å². The second kappa shape index (κ2) is 5.20. The minimum atomic E-state index is -0.891. The summed E-state index contributed by atoms with van der Waals surface area (Å²) in [5.41, 5.74) is -0.891. The fourth-order valence-electron chi connectivity index (χ4n) is 2.87. The zero-order chi connectivity index (χ0) is 15.9. The van der Waals surface area contributed by atoms with Gasteiger partial charge in [-0.05, 0) is 45.7 Å². The summed E-state index contributed by atoms with van der Waals surface area (Å²) in [5, 5.41) is 2.82. The predicted molar refractivity (Wildman–Crippen MR) is 79.6 cm³/mol. The van der Waals surface area contributed by atoms with E-state index in [1.54, 1.807) is 18.7 Å². The number of furan rings is 1. The van der Waals surface area contributed by atoms with E-state index in [2.05, 4.69) is 5.32 Å². The zero-order valence-corrected chi connectivity index (χ0v) is 13.6. The van der Waals surface area contributed by atoms with Crippen molar-refractivity contribution in [2.24, 2.45) is 5.92 Å². The molecule has 116 valence electrons. The maximum atomic E-state index is 12.8. The monoisotopic (exact) mass is 292 g/mol. The van der Waals surface area contributed by atoms with Crippen LogP contribution in [0.2, 0.25) is 0 Å². The number of rotatable bonds is 3. The molecular formula is C16H24N2O3. The van der Waals surface area contributed by atoms with Crippen LogP contribution < -0.4 is 5.32 Å². The number of carbonyl (C=O) groups excluding carboxylic acids is 2. The molecule has 0 bridgehead atoms. The van der Waals surface area contributed by atoms with Gasteiger partial charge in [0, 0.05) is 0 Å². The van der Waals surface area contributed by atoms with E-state index < -0.39 is 11.6 Å². The van der Waals surface area contributed by atoms with E-state index in [9.17, 15) is 9.59 Å². The third-order valence-corrected chi connectivity index (χ3v) is 3.99. The lowest BCUT2D eigenvalue weighted by atomic mass is 9.90. The van der Waals surface area contributed by atoms with Crippen molar-refractivity contribution in [3.05, 3.63) is 23.7 Å². The average molecular weight is 292 g/mol. The highest BCUT2D eigenvalue weighted by Gasteiger charge is 2.48. The lowest BCUT2D eigenvalue weighted by Gasteiger charge is -2.46. The topological polar surface area (TPSA) is 62.6 Å². The minimum Gasteiger partial charge on any atom is -0.464 e. The predicted octanol–water partition coefficient (Wildman–Crippen LogP) is 2.41. The van der Waals surface area contributed by atoms with Crippen LogP contribution in [0, 0.1) is 12.8 Å². The number of hydrogen-bond donors (Lipinski definition) is 1. The molecule has 5 nitrogen and oxygen atoms in total. The van der Waals surface area contributed by atoms with Crippen LogP contribution in [0.3, 0.4) is 0 Å². The van der Waals surface area contributed by atoms with Gasteiger partial charge in [0.2, 0.25) is 11.8 Å². The molecule has 1 aromatic heterocycles. The Bertz CT molecular complexity index is 560. The van der Waals surface area contributed by atoms with Crippen molar-refractivity contribution in [3.8, 4) is 0 Å². The molecule has 0 aliphatic carbocycles. The smallest absolute Gasteiger partial charge is 0.249 e. The molecule has 0 radical (unpaired) electrons. The molecular weight excluding hydrogens is 268 g/mol. The van der Waals surface area contributed by atoms with Gasteiger partial charge >= 0.3 is 0 Å². The van der Waals surface area contributed by atoms with Crippen LogP contribution in [0.25, 0.3) is 0 Å². The Hall–Kier alpha value is -1.78. The maximum absolute atomic E-state index is 12.8. The highest BCUT2D eigenvalue weighted by molar-refractivity contribution is 5.99. The van der Waals surface area contributed by atoms with Gasteiger partial charge in [0.15, 0.2) is 0 Å². The van der Waals surface area contributed by atoms with Crippen molar-refractivity contribution >= 4 is 11.8 Å². The van der Waals surface area contributed by atoms with Crippen molar-refractivity contribution in [1.29, 1.82) is 0 Å². The lowest BCUT2D eigenvalue weighted by Crippen LogP contribution is -2.69. The molecule has 2 rings (SSSR count). The first kappa shape index (κ1) is 15.6. The standard InChI is InChI=1S/C16H24N2O3/c1-9(2)13-14(19)17-16(5,6)15(20)18(13)11(4)12-8-7-10(3)21-12/h7-9,11,13H,1-6H3,(H,17,19). The van der Waals surface area contributed by atoms with Crippen LogP contribution in [0.15, 0.2) is 16.5 Å². The second-order valence-corrected chi connectivity index (χ2v) is 6.64. The third kappa shape index (κ3) is 2.69. The highest BCUT2D eigenvalue weighted by Crippen LogP contribution is 2.32. The molecule has 2 atom stereocenters. The van der Waals surface area contributed by atoms with E-state index in [1.807, 2.05) is 39.8 Å². The number of piperazine rings is 1. The summed E-state index contributed by atoms with van der Waals surface area (Å²) in [6.45, 7) is 11.1. The molecule has 0 spiro atoms. The second-order valence-electron chi connectivity index (χ2n) is 6.64. The Morgan fingerprint density at radius 3 is 2.33 bits per heavy atom. The van der Waals surface area contributed by atoms with Gasteiger partial charge in [-0.2, -0.15) is 0 Å². The van der Waals surface area contributed by atoms with E-state index in [0.29, 0.717) is 5.76 Å². The van der Waals surface area contributed by atoms with Crippen molar-refractivity contribution in [1.82, 2.24) is 10.2 Å². The number of aryl methyl sites for hydroxylation is 1. The molecule has 5 heteroatoms. The summed E-state index contributed by atoms with van der Waals surface area (Å²) in [4.78, 5) is 26.9. The van der Waals surface area contributed by atoms with E-state index in [-0.39, 0.29) is 23.8 Å². The van der Waals surface area contributed by atoms with Crippen LogP contribution in [-0.4, -0.2) is 28.3 Å². The van der Waals surface area contributed by atoms with Gasteiger partial charge in [-0.25, -0.2) is 0 Å². The van der Waals surface area contributed by atoms with Crippen molar-refractivity contribution in [3.63, 3.8) is 0 Å². The average Bonchev–Trinajstić information content (AvgIpc) is 2.78. The molecule has 2 amide bonds. The zero-order valence-electron chi connectivity index (χ0n) is 13.6. The number of hydrogen-bond acceptors (Lipinski definition) is 3. The molecule has 21 heavy (non-hydrogen) atoms. The highest BCUT2D eigenvalue weighted by atomic mass is 16.3. The van der Waals surface area contributed by atoms with Crippen LogP contribution >= 0.6 is 0 Å². The first-order valence-electron chi connectivity index (χ1n) is 7.36. The van der Waals surface area contributed by atoms with Gasteiger partial charge in [0.1, 0.15) is 23.1 Å². The largest absolute Gasteiger partial charge is 0.464 e. The van der Waals surface area contributed by atoms with E-state index in [1.165, 1.54) is 0 Å². The lowest BCUT2D eigenvalue weighted by molar-refractivity contribution is -0.158. The summed E-state index contributed by atoms with van der Waals surface area (Å²) < 4.78 is 5.65. The van der Waals surface area contributed by atoms with Crippen LogP contribution in [-0.2, 0) is 9.59 Å². The minimum absolute atomic E-state index is 0.0311. The first-order valence-corrected chi connectivity index (χ1v) is 7.36. The number of amides is 2. The normalized spacial score (nSPS) is 23.4. The first-order chi connectivity index (χ1) is 9.65. The van der Waals surface area contributed by atoms with Crippen molar-refractivity contribution in [2.45, 2.75) is 59.2 Å². The van der Waals surface area contributed by atoms with Gasteiger partial charge in [-0.1, -0.05) is 13.8 Å². The van der Waals surface area contributed by atoms with Crippen LogP contribution in [0.4, 0.5) is 0 Å². The number of nitrogens with one attached hydrogen (secondary N) is 1. The molecule has 1 aliphatic heterocycles. The fourth-order valence-corrected chi connectivity index (χ4v) is 2.87. The molecule has 1 aliphatic rings. The number of carbonyl (C=O) groups is 2. The quantitative estimate of drug-likeness (QED) is 0.930. The summed E-state index contributed by atoms with van der Waals surface area (Å²) in [6.07, 6.45) is 0. The molecule has 0 aromatic carbocycles. The molecule has 1 aromatic rings. The maximum Gasteiger partial charge on any atom is 0.249 e. The Morgan fingerprint density at radius 2 is 1.86 bits per heavy atom. The summed E-state index contributed by atoms with van der Waals surface area (Å²) >= 11 is 0. The van der Waals surface area contributed by atoms with E-state index in [4.69, 9.17) is 4.42 Å². The summed E-state index contributed by atoms with van der Waals surface area (Å²) in [5.74, 6) is 1.35. The SMILES string of the molecule is Cc1ccc(C(C)N2C(=O)C(C)(C)NC(=O)C2C(C)C)o1. The fraction of sp³-hybridized carbons (Fsp3) is 0.625. The van der Waals surface area contributed by atoms with Gasteiger partial charge in [-0.3, -0.25) is 9.59 Å². The number of nitrogens with zero attached hydrogens (tertiary/aromatic N) is 1. The van der Waals surface area contributed by atoms with Crippen LogP contribution in [0.1, 0.15) is 52.2 Å².